The van der Waals surface area contributed by atoms with Gasteiger partial charge in [0.2, 0.25) is 0 Å². The van der Waals surface area contributed by atoms with E-state index in [0.29, 0.717) is 10.8 Å². The van der Waals surface area contributed by atoms with Crippen molar-refractivity contribution in [3.8, 4) is 11.1 Å². The lowest BCUT2D eigenvalue weighted by Gasteiger charge is -2.41. The van der Waals surface area contributed by atoms with Crippen LogP contribution >= 0.6 is 0 Å². The quantitative estimate of drug-likeness (QED) is 0.675. The zero-order valence-electron chi connectivity index (χ0n) is 16.1. The molecule has 138 valence electrons. The molecule has 2 fully saturated rings. The third-order valence-corrected chi connectivity index (χ3v) is 6.53. The summed E-state index contributed by atoms with van der Waals surface area (Å²) in [6.45, 7) is 8.20. The molecule has 0 radical (unpaired) electrons. The molecule has 0 atom stereocenters. The molecule has 2 aromatic rings. The highest BCUT2D eigenvalue weighted by Gasteiger charge is 2.37. The Bertz CT molecular complexity index is 645. The third kappa shape index (κ3) is 3.45. The average Bonchev–Trinajstić information content (AvgIpc) is 2.62. The third-order valence-electron chi connectivity index (χ3n) is 6.53. The Kier molecular flexibility index (Phi) is 4.90. The fraction of sp³-hybridized carbons (Fsp3) is 0.500. The van der Waals surface area contributed by atoms with Crippen molar-refractivity contribution >= 4 is 0 Å². The maximum absolute atomic E-state index is 5.45. The van der Waals surface area contributed by atoms with Crippen LogP contribution in [0, 0.1) is 10.8 Å². The summed E-state index contributed by atoms with van der Waals surface area (Å²) in [5, 5.41) is 0. The van der Waals surface area contributed by atoms with Gasteiger partial charge in [-0.3, -0.25) is 0 Å². The fourth-order valence-electron chi connectivity index (χ4n) is 4.14. The van der Waals surface area contributed by atoms with Gasteiger partial charge in [-0.15, -0.1) is 0 Å². The Labute approximate surface area is 157 Å². The Hall–Kier alpha value is -1.64. The summed E-state index contributed by atoms with van der Waals surface area (Å²) in [7, 11) is 0. The normalized spacial score (nSPS) is 20.2. The molecule has 2 heterocycles. The van der Waals surface area contributed by atoms with E-state index in [1.165, 1.54) is 35.1 Å². The molecule has 0 aromatic heterocycles. The van der Waals surface area contributed by atoms with Crippen molar-refractivity contribution in [2.24, 2.45) is 10.8 Å². The van der Waals surface area contributed by atoms with Crippen LogP contribution < -0.4 is 0 Å². The molecule has 0 spiro atoms. The first-order valence-electron chi connectivity index (χ1n) is 10.00. The minimum Gasteiger partial charge on any atom is -0.380 e. The summed E-state index contributed by atoms with van der Waals surface area (Å²) in [5.74, 6) is 0. The summed E-state index contributed by atoms with van der Waals surface area (Å²) >= 11 is 0. The van der Waals surface area contributed by atoms with E-state index >= 15 is 0 Å². The summed E-state index contributed by atoms with van der Waals surface area (Å²) in [6, 6.07) is 18.2. The summed E-state index contributed by atoms with van der Waals surface area (Å²) < 4.78 is 10.9. The molecule has 2 nitrogen and oxygen atoms in total. The van der Waals surface area contributed by atoms with Crippen molar-refractivity contribution in [2.75, 3.05) is 26.4 Å². The van der Waals surface area contributed by atoms with E-state index in [0.717, 1.165) is 39.3 Å². The molecule has 4 rings (SSSR count). The van der Waals surface area contributed by atoms with Crippen molar-refractivity contribution in [3.05, 3.63) is 59.7 Å². The number of hydrogen-bond acceptors (Lipinski definition) is 2. The van der Waals surface area contributed by atoms with Crippen LogP contribution in [0.3, 0.4) is 0 Å². The summed E-state index contributed by atoms with van der Waals surface area (Å²) in [6.07, 6.45) is 4.65. The largest absolute Gasteiger partial charge is 0.380 e. The number of rotatable bonds is 7. The highest BCUT2D eigenvalue weighted by atomic mass is 16.5. The predicted octanol–water partition coefficient (Wildman–Crippen LogP) is 5.29. The monoisotopic (exact) mass is 350 g/mol. The number of hydrogen-bond donors (Lipinski definition) is 0. The molecule has 2 heteroatoms. The summed E-state index contributed by atoms with van der Waals surface area (Å²) in [5.41, 5.74) is 6.20. The van der Waals surface area contributed by atoms with Gasteiger partial charge in [0.25, 0.3) is 0 Å². The fourth-order valence-corrected chi connectivity index (χ4v) is 4.14. The molecule has 2 saturated heterocycles. The zero-order chi connectivity index (χ0) is 18.0. The van der Waals surface area contributed by atoms with E-state index in [1.807, 2.05) is 0 Å². The van der Waals surface area contributed by atoms with Gasteiger partial charge in [0.05, 0.1) is 26.4 Å². The molecule has 0 bridgehead atoms. The first kappa shape index (κ1) is 17.8. The van der Waals surface area contributed by atoms with E-state index < -0.39 is 0 Å². The van der Waals surface area contributed by atoms with Gasteiger partial charge in [0.15, 0.2) is 0 Å². The minimum atomic E-state index is 0.379. The lowest BCUT2D eigenvalue weighted by atomic mass is 9.77. The van der Waals surface area contributed by atoms with Crippen LogP contribution in [0.5, 0.6) is 0 Å². The Morgan fingerprint density at radius 1 is 0.615 bits per heavy atom. The molecule has 0 saturated carbocycles. The molecule has 0 amide bonds. The smallest absolute Gasteiger partial charge is 0.0547 e. The molecular formula is C24H30O2. The SMILES string of the molecule is CCC1(Cc2ccc(-c3ccc(CC4(CC)COC4)cc3)cc2)COC1. The maximum atomic E-state index is 5.45. The average molecular weight is 351 g/mol. The van der Waals surface area contributed by atoms with Crippen LogP contribution in [0.1, 0.15) is 37.8 Å². The van der Waals surface area contributed by atoms with Gasteiger partial charge < -0.3 is 9.47 Å². The first-order valence-corrected chi connectivity index (χ1v) is 10.00. The van der Waals surface area contributed by atoms with Gasteiger partial charge >= 0.3 is 0 Å². The standard InChI is InChI=1S/C24H30O2/c1-3-23(15-25-16-23)13-19-5-9-21(10-6-19)22-11-7-20(8-12-22)14-24(4-2)17-26-18-24/h5-12H,3-4,13-18H2,1-2H3. The molecule has 2 aliphatic heterocycles. The van der Waals surface area contributed by atoms with E-state index in [1.54, 1.807) is 0 Å². The highest BCUT2D eigenvalue weighted by Crippen LogP contribution is 2.36. The van der Waals surface area contributed by atoms with E-state index in [4.69, 9.17) is 9.47 Å². The van der Waals surface area contributed by atoms with Crippen LogP contribution in [0.2, 0.25) is 0 Å². The van der Waals surface area contributed by atoms with Crippen molar-refractivity contribution in [1.29, 1.82) is 0 Å². The second-order valence-corrected chi connectivity index (χ2v) is 8.44. The van der Waals surface area contributed by atoms with E-state index in [2.05, 4.69) is 62.4 Å². The molecule has 0 aliphatic carbocycles. The molecule has 2 aromatic carbocycles. The molecule has 0 N–H and O–H groups in total. The second-order valence-electron chi connectivity index (χ2n) is 8.44. The Balaban J connectivity index is 1.42. The van der Waals surface area contributed by atoms with Crippen LogP contribution in [-0.4, -0.2) is 26.4 Å². The van der Waals surface area contributed by atoms with Crippen molar-refractivity contribution in [3.63, 3.8) is 0 Å². The highest BCUT2D eigenvalue weighted by molar-refractivity contribution is 5.64. The van der Waals surface area contributed by atoms with Crippen molar-refractivity contribution < 1.29 is 9.47 Å². The van der Waals surface area contributed by atoms with Crippen molar-refractivity contribution in [2.45, 2.75) is 39.5 Å². The molecule has 2 aliphatic rings. The lowest BCUT2D eigenvalue weighted by Crippen LogP contribution is -2.43. The van der Waals surface area contributed by atoms with Gasteiger partial charge in [-0.2, -0.15) is 0 Å². The van der Waals surface area contributed by atoms with Gasteiger partial charge in [-0.25, -0.2) is 0 Å². The lowest BCUT2D eigenvalue weighted by molar-refractivity contribution is -0.114. The van der Waals surface area contributed by atoms with E-state index in [9.17, 15) is 0 Å². The topological polar surface area (TPSA) is 18.5 Å². The van der Waals surface area contributed by atoms with Crippen LogP contribution in [-0.2, 0) is 22.3 Å². The van der Waals surface area contributed by atoms with Crippen molar-refractivity contribution in [1.82, 2.24) is 0 Å². The van der Waals surface area contributed by atoms with Gasteiger partial charge in [0, 0.05) is 10.8 Å². The molecule has 26 heavy (non-hydrogen) atoms. The number of ether oxygens (including phenoxy) is 2. The van der Waals surface area contributed by atoms with Gasteiger partial charge in [-0.1, -0.05) is 62.4 Å². The first-order chi connectivity index (χ1) is 12.7. The number of benzene rings is 2. The second kappa shape index (κ2) is 7.17. The Morgan fingerprint density at radius 3 is 1.19 bits per heavy atom. The van der Waals surface area contributed by atoms with Crippen LogP contribution in [0.4, 0.5) is 0 Å². The van der Waals surface area contributed by atoms with Gasteiger partial charge in [0.1, 0.15) is 0 Å². The predicted molar refractivity (Wildman–Crippen MR) is 106 cm³/mol. The van der Waals surface area contributed by atoms with Gasteiger partial charge in [-0.05, 0) is 47.9 Å². The Morgan fingerprint density at radius 2 is 0.962 bits per heavy atom. The molecular weight excluding hydrogens is 320 g/mol. The van der Waals surface area contributed by atoms with Crippen LogP contribution in [0.15, 0.2) is 48.5 Å². The van der Waals surface area contributed by atoms with E-state index in [-0.39, 0.29) is 0 Å². The minimum absolute atomic E-state index is 0.379. The summed E-state index contributed by atoms with van der Waals surface area (Å²) in [4.78, 5) is 0. The maximum Gasteiger partial charge on any atom is 0.0547 e. The zero-order valence-corrected chi connectivity index (χ0v) is 16.1. The molecule has 0 unspecified atom stereocenters. The van der Waals surface area contributed by atoms with Crippen LogP contribution in [0.25, 0.3) is 11.1 Å².